The number of carbonyl (C=O) groups is 2. The van der Waals surface area contributed by atoms with Gasteiger partial charge in [-0.15, -0.1) is 13.2 Å². The SMILES string of the molecule is COc1ccc(C2=C(Cl)C(=O)N(c3cccc(OC(F)(F)F)c3)C2=O)cc1. The van der Waals surface area contributed by atoms with Gasteiger partial charge in [0.2, 0.25) is 0 Å². The zero-order valence-electron chi connectivity index (χ0n) is 13.7. The molecule has 1 heterocycles. The first-order valence-corrected chi connectivity index (χ1v) is 7.88. The van der Waals surface area contributed by atoms with Crippen molar-refractivity contribution in [2.45, 2.75) is 6.36 Å². The van der Waals surface area contributed by atoms with Crippen molar-refractivity contribution < 1.29 is 32.2 Å². The molecular weight excluding hydrogens is 387 g/mol. The summed E-state index contributed by atoms with van der Waals surface area (Å²) in [7, 11) is 1.48. The third kappa shape index (κ3) is 3.75. The first-order chi connectivity index (χ1) is 12.7. The summed E-state index contributed by atoms with van der Waals surface area (Å²) >= 11 is 6.05. The van der Waals surface area contributed by atoms with Gasteiger partial charge in [-0.1, -0.05) is 29.8 Å². The summed E-state index contributed by atoms with van der Waals surface area (Å²) in [4.78, 5) is 25.9. The quantitative estimate of drug-likeness (QED) is 0.728. The number of ether oxygens (including phenoxy) is 2. The van der Waals surface area contributed by atoms with Crippen molar-refractivity contribution in [3.63, 3.8) is 0 Å². The van der Waals surface area contributed by atoms with E-state index in [1.807, 2.05) is 0 Å². The van der Waals surface area contributed by atoms with Crippen molar-refractivity contribution in [3.05, 3.63) is 59.1 Å². The average molecular weight is 398 g/mol. The van der Waals surface area contributed by atoms with Crippen molar-refractivity contribution >= 4 is 34.7 Å². The second-order valence-corrected chi connectivity index (χ2v) is 5.79. The summed E-state index contributed by atoms with van der Waals surface area (Å²) in [5.74, 6) is -1.60. The molecule has 0 aliphatic carbocycles. The topological polar surface area (TPSA) is 55.8 Å². The predicted molar refractivity (Wildman–Crippen MR) is 91.4 cm³/mol. The van der Waals surface area contributed by atoms with Crippen LogP contribution < -0.4 is 14.4 Å². The molecular formula is C18H11ClF3NO4. The van der Waals surface area contributed by atoms with Crippen LogP contribution in [0.2, 0.25) is 0 Å². The molecule has 0 N–H and O–H groups in total. The summed E-state index contributed by atoms with van der Waals surface area (Å²) in [6.07, 6.45) is -4.90. The first kappa shape index (κ1) is 18.8. The summed E-state index contributed by atoms with van der Waals surface area (Å²) < 4.78 is 46.1. The van der Waals surface area contributed by atoms with Gasteiger partial charge in [0.05, 0.1) is 18.4 Å². The average Bonchev–Trinajstić information content (AvgIpc) is 2.83. The van der Waals surface area contributed by atoms with Gasteiger partial charge in [-0.25, -0.2) is 4.90 Å². The van der Waals surface area contributed by atoms with E-state index in [4.69, 9.17) is 16.3 Å². The maximum atomic E-state index is 12.7. The molecule has 0 aromatic heterocycles. The van der Waals surface area contributed by atoms with E-state index in [9.17, 15) is 22.8 Å². The van der Waals surface area contributed by atoms with E-state index in [1.54, 1.807) is 24.3 Å². The minimum absolute atomic E-state index is 0.0496. The molecule has 0 saturated carbocycles. The lowest BCUT2D eigenvalue weighted by Crippen LogP contribution is -2.31. The predicted octanol–water partition coefficient (Wildman–Crippen LogP) is 4.12. The number of hydrogen-bond donors (Lipinski definition) is 0. The smallest absolute Gasteiger partial charge is 0.497 e. The second kappa shape index (κ2) is 6.96. The number of methoxy groups -OCH3 is 1. The van der Waals surface area contributed by atoms with E-state index in [-0.39, 0.29) is 16.3 Å². The van der Waals surface area contributed by atoms with Gasteiger partial charge >= 0.3 is 6.36 Å². The van der Waals surface area contributed by atoms with Gasteiger partial charge in [0.1, 0.15) is 16.5 Å². The lowest BCUT2D eigenvalue weighted by atomic mass is 10.1. The van der Waals surface area contributed by atoms with E-state index in [0.29, 0.717) is 16.2 Å². The maximum absolute atomic E-state index is 12.7. The molecule has 0 bridgehead atoms. The van der Waals surface area contributed by atoms with Crippen molar-refractivity contribution in [2.75, 3.05) is 12.0 Å². The first-order valence-electron chi connectivity index (χ1n) is 7.50. The Bertz CT molecular complexity index is 938. The molecule has 1 aliphatic rings. The Balaban J connectivity index is 1.95. The van der Waals surface area contributed by atoms with Crippen LogP contribution in [0.25, 0.3) is 5.57 Å². The third-order valence-electron chi connectivity index (χ3n) is 3.72. The van der Waals surface area contributed by atoms with Crippen molar-refractivity contribution in [1.82, 2.24) is 0 Å². The number of carbonyl (C=O) groups excluding carboxylic acids is 2. The van der Waals surface area contributed by atoms with Crippen LogP contribution in [0.15, 0.2) is 53.6 Å². The molecule has 0 unspecified atom stereocenters. The third-order valence-corrected chi connectivity index (χ3v) is 4.07. The highest BCUT2D eigenvalue weighted by atomic mass is 35.5. The zero-order valence-corrected chi connectivity index (χ0v) is 14.5. The van der Waals surface area contributed by atoms with Gasteiger partial charge in [0.25, 0.3) is 11.8 Å². The van der Waals surface area contributed by atoms with Crippen LogP contribution in [0.3, 0.4) is 0 Å². The molecule has 0 saturated heterocycles. The Morgan fingerprint density at radius 1 is 0.963 bits per heavy atom. The van der Waals surface area contributed by atoms with Crippen LogP contribution in [0.1, 0.15) is 5.56 Å². The molecule has 0 spiro atoms. The Kier molecular flexibility index (Phi) is 4.84. The molecule has 2 aromatic rings. The van der Waals surface area contributed by atoms with Crippen LogP contribution >= 0.6 is 11.6 Å². The molecule has 27 heavy (non-hydrogen) atoms. The van der Waals surface area contributed by atoms with E-state index >= 15 is 0 Å². The minimum Gasteiger partial charge on any atom is -0.497 e. The Morgan fingerprint density at radius 3 is 2.22 bits per heavy atom. The van der Waals surface area contributed by atoms with Crippen LogP contribution in [-0.2, 0) is 9.59 Å². The number of imide groups is 1. The normalized spacial score (nSPS) is 14.8. The van der Waals surface area contributed by atoms with E-state index < -0.39 is 23.9 Å². The summed E-state index contributed by atoms with van der Waals surface area (Å²) in [6, 6.07) is 10.8. The Labute approximate surface area is 156 Å². The molecule has 0 fully saturated rings. The van der Waals surface area contributed by atoms with Crippen LogP contribution in [-0.4, -0.2) is 25.3 Å². The molecule has 9 heteroatoms. The zero-order chi connectivity index (χ0) is 19.8. The van der Waals surface area contributed by atoms with E-state index in [1.165, 1.54) is 19.2 Å². The summed E-state index contributed by atoms with van der Waals surface area (Å²) in [5, 5.41) is -0.327. The number of anilines is 1. The molecule has 2 amide bonds. The van der Waals surface area contributed by atoms with Crippen molar-refractivity contribution in [3.8, 4) is 11.5 Å². The minimum atomic E-state index is -4.90. The Morgan fingerprint density at radius 2 is 1.63 bits per heavy atom. The number of alkyl halides is 3. The van der Waals surface area contributed by atoms with E-state index in [2.05, 4.69) is 4.74 Å². The van der Waals surface area contributed by atoms with Crippen LogP contribution in [0, 0.1) is 0 Å². The fourth-order valence-corrected chi connectivity index (χ4v) is 2.84. The molecule has 0 atom stereocenters. The maximum Gasteiger partial charge on any atom is 0.573 e. The molecule has 2 aromatic carbocycles. The number of benzene rings is 2. The number of rotatable bonds is 4. The van der Waals surface area contributed by atoms with Gasteiger partial charge in [-0.2, -0.15) is 0 Å². The number of hydrogen-bond acceptors (Lipinski definition) is 4. The standard InChI is InChI=1S/C18H11ClF3NO4/c1-26-12-7-5-10(6-8-12)14-15(19)17(25)23(16(14)24)11-3-2-4-13(9-11)27-18(20,21)22/h2-9H,1H3. The number of nitrogens with zero attached hydrogens (tertiary/aromatic N) is 1. The highest BCUT2D eigenvalue weighted by Crippen LogP contribution is 2.36. The second-order valence-electron chi connectivity index (χ2n) is 5.41. The molecule has 0 radical (unpaired) electrons. The van der Waals surface area contributed by atoms with Gasteiger partial charge in [-0.05, 0) is 29.8 Å². The highest BCUT2D eigenvalue weighted by Gasteiger charge is 2.39. The van der Waals surface area contributed by atoms with Crippen LogP contribution in [0.5, 0.6) is 11.5 Å². The molecule has 1 aliphatic heterocycles. The fourth-order valence-electron chi connectivity index (χ4n) is 2.57. The molecule has 3 rings (SSSR count). The van der Waals surface area contributed by atoms with Gasteiger partial charge in [0, 0.05) is 6.07 Å². The molecule has 5 nitrogen and oxygen atoms in total. The number of halogens is 4. The van der Waals surface area contributed by atoms with E-state index in [0.717, 1.165) is 12.1 Å². The van der Waals surface area contributed by atoms with Gasteiger partial charge in [-0.3, -0.25) is 9.59 Å². The van der Waals surface area contributed by atoms with Crippen molar-refractivity contribution in [1.29, 1.82) is 0 Å². The summed E-state index contributed by atoms with van der Waals surface area (Å²) in [5.41, 5.74) is 0.240. The molecule has 140 valence electrons. The highest BCUT2D eigenvalue weighted by molar-refractivity contribution is 6.60. The monoisotopic (exact) mass is 397 g/mol. The largest absolute Gasteiger partial charge is 0.573 e. The lowest BCUT2D eigenvalue weighted by Gasteiger charge is -2.16. The van der Waals surface area contributed by atoms with Gasteiger partial charge in [0.15, 0.2) is 0 Å². The fraction of sp³-hybridized carbons (Fsp3) is 0.111. The summed E-state index contributed by atoms with van der Waals surface area (Å²) in [6.45, 7) is 0. The Hall–Kier alpha value is -3.00. The van der Waals surface area contributed by atoms with Gasteiger partial charge < -0.3 is 9.47 Å². The lowest BCUT2D eigenvalue weighted by molar-refractivity contribution is -0.274. The van der Waals surface area contributed by atoms with Crippen LogP contribution in [0.4, 0.5) is 18.9 Å². The van der Waals surface area contributed by atoms with Crippen molar-refractivity contribution in [2.24, 2.45) is 0 Å². The number of amides is 2.